The number of benzene rings is 1. The molecule has 1 aliphatic heterocycles. The number of fused-ring (bicyclic) bond motifs is 1. The molecule has 0 bridgehead atoms. The highest BCUT2D eigenvalue weighted by molar-refractivity contribution is 5.57. The molecule has 0 aliphatic carbocycles. The molecule has 12 heavy (non-hydrogen) atoms. The molecule has 0 saturated carbocycles. The van der Waals surface area contributed by atoms with E-state index in [1.54, 1.807) is 0 Å². The van der Waals surface area contributed by atoms with Crippen molar-refractivity contribution >= 4 is 6.08 Å². The van der Waals surface area contributed by atoms with E-state index in [4.69, 9.17) is 4.74 Å². The zero-order chi connectivity index (χ0) is 7.68. The average molecular weight is 162 g/mol. The summed E-state index contributed by atoms with van der Waals surface area (Å²) < 4.78 is 5.39. The fourth-order valence-electron chi connectivity index (χ4n) is 1.44. The second-order valence-corrected chi connectivity index (χ2v) is 2.63. The van der Waals surface area contributed by atoms with Crippen molar-refractivity contribution < 1.29 is 4.74 Å². The Labute approximate surface area is 73.7 Å². The van der Waals surface area contributed by atoms with Crippen molar-refractivity contribution in [3.63, 3.8) is 0 Å². The molecule has 0 unspecified atom stereocenters. The molecular formula is C11H14O. The molecule has 1 aromatic rings. The lowest BCUT2D eigenvalue weighted by molar-refractivity contribution is 0.357. The van der Waals surface area contributed by atoms with Gasteiger partial charge in [0.15, 0.2) is 0 Å². The molecule has 2 rings (SSSR count). The minimum absolute atomic E-state index is 0. The number of hydrogen-bond acceptors (Lipinski definition) is 1. The lowest BCUT2D eigenvalue weighted by atomic mass is 10.1. The van der Waals surface area contributed by atoms with Gasteiger partial charge in [-0.1, -0.05) is 32.2 Å². The van der Waals surface area contributed by atoms with Crippen molar-refractivity contribution in [2.45, 2.75) is 13.8 Å². The van der Waals surface area contributed by atoms with Crippen LogP contribution in [0, 0.1) is 0 Å². The van der Waals surface area contributed by atoms with E-state index in [-0.39, 0.29) is 7.43 Å². The van der Waals surface area contributed by atoms with Gasteiger partial charge in [0.25, 0.3) is 0 Å². The predicted octanol–water partition coefficient (Wildman–Crippen LogP) is 2.90. The molecule has 0 amide bonds. The van der Waals surface area contributed by atoms with Crippen LogP contribution in [0.3, 0.4) is 0 Å². The standard InChI is InChI=1S/C10H10O.CH4/c1-2-8-4-3-5-10-9(8)6-7-11-10;/h2-5H,1,6-7H2;1H4. The topological polar surface area (TPSA) is 9.23 Å². The summed E-state index contributed by atoms with van der Waals surface area (Å²) in [7, 11) is 0. The van der Waals surface area contributed by atoms with Gasteiger partial charge in [0, 0.05) is 12.0 Å². The van der Waals surface area contributed by atoms with Gasteiger partial charge in [0.05, 0.1) is 6.61 Å². The van der Waals surface area contributed by atoms with Gasteiger partial charge in [-0.15, -0.1) is 0 Å². The Morgan fingerprint density at radius 2 is 2.25 bits per heavy atom. The smallest absolute Gasteiger partial charge is 0.123 e. The third-order valence-electron chi connectivity index (χ3n) is 2.00. The minimum Gasteiger partial charge on any atom is -0.493 e. The van der Waals surface area contributed by atoms with Gasteiger partial charge in [-0.25, -0.2) is 0 Å². The summed E-state index contributed by atoms with van der Waals surface area (Å²) in [4.78, 5) is 0. The highest BCUT2D eigenvalue weighted by Gasteiger charge is 2.13. The highest BCUT2D eigenvalue weighted by Crippen LogP contribution is 2.28. The van der Waals surface area contributed by atoms with Crippen molar-refractivity contribution in [3.8, 4) is 5.75 Å². The first-order valence-electron chi connectivity index (χ1n) is 3.79. The highest BCUT2D eigenvalue weighted by atomic mass is 16.5. The first-order valence-corrected chi connectivity index (χ1v) is 3.79. The van der Waals surface area contributed by atoms with E-state index < -0.39 is 0 Å². The zero-order valence-corrected chi connectivity index (χ0v) is 6.34. The maximum atomic E-state index is 5.39. The van der Waals surface area contributed by atoms with E-state index >= 15 is 0 Å². The van der Waals surface area contributed by atoms with E-state index in [2.05, 4.69) is 12.6 Å². The Morgan fingerprint density at radius 1 is 1.42 bits per heavy atom. The maximum Gasteiger partial charge on any atom is 0.123 e. The third-order valence-corrected chi connectivity index (χ3v) is 2.00. The molecule has 64 valence electrons. The first-order chi connectivity index (χ1) is 5.42. The van der Waals surface area contributed by atoms with Crippen LogP contribution in [0.25, 0.3) is 6.08 Å². The fourth-order valence-corrected chi connectivity index (χ4v) is 1.44. The first kappa shape index (κ1) is 8.85. The molecular weight excluding hydrogens is 148 g/mol. The molecule has 0 saturated heterocycles. The molecule has 0 spiro atoms. The van der Waals surface area contributed by atoms with E-state index in [1.807, 2.05) is 18.2 Å². The van der Waals surface area contributed by atoms with Crippen LogP contribution in [0.2, 0.25) is 0 Å². The van der Waals surface area contributed by atoms with Crippen LogP contribution in [0.5, 0.6) is 5.75 Å². The van der Waals surface area contributed by atoms with Crippen LogP contribution < -0.4 is 4.74 Å². The molecule has 0 radical (unpaired) electrons. The largest absolute Gasteiger partial charge is 0.493 e. The number of ether oxygens (including phenoxy) is 1. The zero-order valence-electron chi connectivity index (χ0n) is 6.34. The summed E-state index contributed by atoms with van der Waals surface area (Å²) in [5, 5.41) is 0. The van der Waals surface area contributed by atoms with Gasteiger partial charge in [-0.2, -0.15) is 0 Å². The molecule has 1 heteroatoms. The van der Waals surface area contributed by atoms with Crippen LogP contribution in [-0.2, 0) is 6.42 Å². The molecule has 0 fully saturated rings. The van der Waals surface area contributed by atoms with Gasteiger partial charge in [-0.3, -0.25) is 0 Å². The summed E-state index contributed by atoms with van der Waals surface area (Å²) in [6.07, 6.45) is 2.91. The molecule has 0 aromatic heterocycles. The molecule has 1 heterocycles. The van der Waals surface area contributed by atoms with Crippen LogP contribution in [0.4, 0.5) is 0 Å². The minimum atomic E-state index is 0. The van der Waals surface area contributed by atoms with Crippen LogP contribution in [-0.4, -0.2) is 6.61 Å². The molecule has 0 N–H and O–H groups in total. The third kappa shape index (κ3) is 1.22. The van der Waals surface area contributed by atoms with Crippen molar-refractivity contribution in [2.24, 2.45) is 0 Å². The Balaban J connectivity index is 0.000000720. The maximum absolute atomic E-state index is 5.39. The summed E-state index contributed by atoms with van der Waals surface area (Å²) in [5.74, 6) is 1.03. The van der Waals surface area contributed by atoms with Gasteiger partial charge in [-0.05, 0) is 11.6 Å². The van der Waals surface area contributed by atoms with Gasteiger partial charge < -0.3 is 4.74 Å². The van der Waals surface area contributed by atoms with Gasteiger partial charge >= 0.3 is 0 Å². The normalized spacial score (nSPS) is 12.7. The van der Waals surface area contributed by atoms with E-state index in [0.717, 1.165) is 18.8 Å². The van der Waals surface area contributed by atoms with Gasteiger partial charge in [0.2, 0.25) is 0 Å². The van der Waals surface area contributed by atoms with Crippen molar-refractivity contribution in [1.82, 2.24) is 0 Å². The molecule has 1 aliphatic rings. The predicted molar refractivity (Wildman–Crippen MR) is 52.5 cm³/mol. The molecule has 1 nitrogen and oxygen atoms in total. The molecule has 1 aromatic carbocycles. The summed E-state index contributed by atoms with van der Waals surface area (Å²) in [6.45, 7) is 4.57. The van der Waals surface area contributed by atoms with E-state index in [1.165, 1.54) is 11.1 Å². The van der Waals surface area contributed by atoms with E-state index in [0.29, 0.717) is 0 Å². The van der Waals surface area contributed by atoms with E-state index in [9.17, 15) is 0 Å². The lowest BCUT2D eigenvalue weighted by Crippen LogP contribution is -1.86. The Morgan fingerprint density at radius 3 is 3.00 bits per heavy atom. The fraction of sp³-hybridized carbons (Fsp3) is 0.273. The van der Waals surface area contributed by atoms with Crippen LogP contribution in [0.1, 0.15) is 18.6 Å². The second kappa shape index (κ2) is 3.44. The SMILES string of the molecule is C.C=Cc1cccc2c1CCO2. The van der Waals surface area contributed by atoms with Crippen LogP contribution in [0.15, 0.2) is 24.8 Å². The van der Waals surface area contributed by atoms with Crippen molar-refractivity contribution in [2.75, 3.05) is 6.61 Å². The monoisotopic (exact) mass is 162 g/mol. The summed E-state index contributed by atoms with van der Waals surface area (Å²) in [6, 6.07) is 6.08. The Kier molecular flexibility index (Phi) is 2.54. The molecule has 0 atom stereocenters. The Hall–Kier alpha value is -1.24. The lowest BCUT2D eigenvalue weighted by Gasteiger charge is -2.00. The van der Waals surface area contributed by atoms with Crippen molar-refractivity contribution in [1.29, 1.82) is 0 Å². The quantitative estimate of drug-likeness (QED) is 0.617. The van der Waals surface area contributed by atoms with Crippen molar-refractivity contribution in [3.05, 3.63) is 35.9 Å². The summed E-state index contributed by atoms with van der Waals surface area (Å²) in [5.41, 5.74) is 2.52. The second-order valence-electron chi connectivity index (χ2n) is 2.63. The summed E-state index contributed by atoms with van der Waals surface area (Å²) >= 11 is 0. The number of rotatable bonds is 1. The number of hydrogen-bond donors (Lipinski definition) is 0. The average Bonchev–Trinajstić information content (AvgIpc) is 2.50. The van der Waals surface area contributed by atoms with Crippen LogP contribution >= 0.6 is 0 Å². The Bertz CT molecular complexity index is 289. The van der Waals surface area contributed by atoms with Gasteiger partial charge in [0.1, 0.15) is 5.75 Å².